The molecule has 0 bridgehead atoms. The predicted molar refractivity (Wildman–Crippen MR) is 116 cm³/mol. The number of carboxylic acid groups (broad SMARTS) is 1. The van der Waals surface area contributed by atoms with E-state index in [0.717, 1.165) is 32.0 Å². The monoisotopic (exact) mass is 428 g/mol. The number of carbonyl (C=O) groups excluding carboxylic acids is 3. The van der Waals surface area contributed by atoms with Gasteiger partial charge in [0.05, 0.1) is 11.3 Å². The van der Waals surface area contributed by atoms with Crippen molar-refractivity contribution in [1.82, 2.24) is 0 Å². The maximum Gasteiger partial charge on any atom is 0.310 e. The maximum absolute atomic E-state index is 13.8. The van der Waals surface area contributed by atoms with Crippen LogP contribution in [0.1, 0.15) is 79.6 Å². The smallest absolute Gasteiger partial charge is 0.310 e. The van der Waals surface area contributed by atoms with Crippen LogP contribution in [0.5, 0.6) is 0 Å². The molecular weight excluding hydrogens is 392 g/mol. The molecule has 3 fully saturated rings. The van der Waals surface area contributed by atoms with Crippen LogP contribution in [0.4, 0.5) is 0 Å². The third kappa shape index (κ3) is 2.67. The first kappa shape index (κ1) is 22.4. The van der Waals surface area contributed by atoms with Crippen LogP contribution in [0.2, 0.25) is 0 Å². The molecule has 4 rings (SSSR count). The molecule has 5 heteroatoms. The van der Waals surface area contributed by atoms with Gasteiger partial charge in [-0.2, -0.15) is 0 Å². The van der Waals surface area contributed by atoms with E-state index in [4.69, 9.17) is 0 Å². The van der Waals surface area contributed by atoms with E-state index in [1.165, 1.54) is 6.92 Å². The molecular formula is C26H36O5. The summed E-state index contributed by atoms with van der Waals surface area (Å²) >= 11 is 0. The lowest BCUT2D eigenvalue weighted by atomic mass is 9.34. The number of hydrogen-bond acceptors (Lipinski definition) is 4. The van der Waals surface area contributed by atoms with Gasteiger partial charge in [-0.05, 0) is 67.6 Å². The summed E-state index contributed by atoms with van der Waals surface area (Å²) in [6.45, 7) is 9.87. The second-order valence-electron chi connectivity index (χ2n) is 11.9. The highest BCUT2D eigenvalue weighted by atomic mass is 16.4. The number of allylic oxidation sites excluding steroid dienone is 2. The van der Waals surface area contributed by atoms with E-state index in [0.29, 0.717) is 18.4 Å². The molecule has 7 atom stereocenters. The van der Waals surface area contributed by atoms with Crippen molar-refractivity contribution < 1.29 is 24.3 Å². The van der Waals surface area contributed by atoms with Gasteiger partial charge < -0.3 is 9.90 Å². The average molecular weight is 429 g/mol. The van der Waals surface area contributed by atoms with Gasteiger partial charge in [0, 0.05) is 17.4 Å². The fourth-order valence-electron chi connectivity index (χ4n) is 8.86. The highest BCUT2D eigenvalue weighted by Gasteiger charge is 2.71. The number of carbonyl (C=O) groups is 4. The van der Waals surface area contributed by atoms with Gasteiger partial charge in [-0.15, -0.1) is 0 Å². The molecule has 0 aromatic heterocycles. The van der Waals surface area contributed by atoms with Crippen LogP contribution in [0.25, 0.3) is 0 Å². The molecule has 3 unspecified atom stereocenters. The van der Waals surface area contributed by atoms with Gasteiger partial charge in [-0.1, -0.05) is 40.2 Å². The number of Topliss-reactive ketones (excluding diaryl/α,β-unsaturated/α-hetero) is 2. The second-order valence-corrected chi connectivity index (χ2v) is 11.9. The standard InChI is InChI=1S/C26H36O5/c1-15(28)16-7-8-19-24(4)12-9-18-23(2,3)10-6-11-26(18,22(30)31)20(24)13-21(29)25(19,5)17(16)14-27/h7,14,17-20H,6,8-13H2,1-5H3,(H,30,31)/t17-,18?,19?,20?,24-,25+,26+/m0/s1. The Bertz CT molecular complexity index is 884. The molecule has 0 aromatic rings. The Labute approximate surface area is 185 Å². The maximum atomic E-state index is 13.8. The van der Waals surface area contributed by atoms with Crippen LogP contribution in [0.3, 0.4) is 0 Å². The van der Waals surface area contributed by atoms with Crippen molar-refractivity contribution in [2.75, 3.05) is 0 Å². The highest BCUT2D eigenvalue weighted by molar-refractivity contribution is 6.01. The average Bonchev–Trinajstić information content (AvgIpc) is 2.68. The molecule has 1 N–H and O–H groups in total. The quantitative estimate of drug-likeness (QED) is 0.662. The van der Waals surface area contributed by atoms with Crippen molar-refractivity contribution in [1.29, 1.82) is 0 Å². The Morgan fingerprint density at radius 1 is 1.06 bits per heavy atom. The molecule has 0 aromatic carbocycles. The molecule has 4 aliphatic rings. The summed E-state index contributed by atoms with van der Waals surface area (Å²) in [4.78, 5) is 51.2. The minimum Gasteiger partial charge on any atom is -0.481 e. The van der Waals surface area contributed by atoms with Crippen LogP contribution < -0.4 is 0 Å². The first-order valence-electron chi connectivity index (χ1n) is 11.8. The summed E-state index contributed by atoms with van der Waals surface area (Å²) in [6, 6.07) is 0. The van der Waals surface area contributed by atoms with Crippen molar-refractivity contribution >= 4 is 23.8 Å². The Morgan fingerprint density at radius 3 is 2.32 bits per heavy atom. The van der Waals surface area contributed by atoms with Crippen molar-refractivity contribution in [3.8, 4) is 0 Å². The first-order chi connectivity index (χ1) is 14.4. The number of rotatable bonds is 3. The minimum atomic E-state index is -0.945. The van der Waals surface area contributed by atoms with E-state index in [-0.39, 0.29) is 46.6 Å². The lowest BCUT2D eigenvalue weighted by Gasteiger charge is -2.68. The number of ketones is 2. The van der Waals surface area contributed by atoms with Crippen LogP contribution >= 0.6 is 0 Å². The number of hydrogen-bond donors (Lipinski definition) is 1. The fraction of sp³-hybridized carbons (Fsp3) is 0.769. The topological polar surface area (TPSA) is 88.5 Å². The zero-order valence-corrected chi connectivity index (χ0v) is 19.5. The summed E-state index contributed by atoms with van der Waals surface area (Å²) in [5.41, 5.74) is -1.82. The molecule has 0 amide bonds. The molecule has 0 saturated heterocycles. The van der Waals surface area contributed by atoms with Crippen LogP contribution in [0.15, 0.2) is 11.6 Å². The zero-order chi connectivity index (χ0) is 23.0. The Morgan fingerprint density at radius 2 is 1.74 bits per heavy atom. The molecule has 5 nitrogen and oxygen atoms in total. The molecule has 3 saturated carbocycles. The lowest BCUT2D eigenvalue weighted by molar-refractivity contribution is -0.215. The fourth-order valence-corrected chi connectivity index (χ4v) is 8.86. The SMILES string of the molecule is CC(=O)C1=CCC2[C@]3(C)CCC4C(C)(C)CCC[C@]4(C(=O)O)C3CC(=O)[C@]2(C)[C@H]1C=O. The second kappa shape index (κ2) is 6.86. The Balaban J connectivity index is 1.88. The van der Waals surface area contributed by atoms with E-state index < -0.39 is 22.7 Å². The predicted octanol–water partition coefficient (Wildman–Crippen LogP) is 4.63. The minimum absolute atomic E-state index is 0.0337. The summed E-state index contributed by atoms with van der Waals surface area (Å²) < 4.78 is 0. The van der Waals surface area contributed by atoms with Crippen LogP contribution in [0, 0.1) is 45.3 Å². The van der Waals surface area contributed by atoms with Crippen molar-refractivity contribution in [2.45, 2.75) is 79.6 Å². The molecule has 31 heavy (non-hydrogen) atoms. The normalized spacial score (nSPS) is 46.1. The summed E-state index contributed by atoms with van der Waals surface area (Å²) in [5.74, 6) is -2.00. The van der Waals surface area contributed by atoms with Crippen molar-refractivity contribution in [2.24, 2.45) is 45.3 Å². The molecule has 170 valence electrons. The third-order valence-electron chi connectivity index (χ3n) is 10.4. The van der Waals surface area contributed by atoms with Crippen molar-refractivity contribution in [3.63, 3.8) is 0 Å². The van der Waals surface area contributed by atoms with E-state index in [9.17, 15) is 24.3 Å². The van der Waals surface area contributed by atoms with Gasteiger partial charge in [-0.3, -0.25) is 14.4 Å². The summed E-state index contributed by atoms with van der Waals surface area (Å²) in [7, 11) is 0. The molecule has 4 aliphatic carbocycles. The Kier molecular flexibility index (Phi) is 4.96. The van der Waals surface area contributed by atoms with Crippen LogP contribution in [-0.4, -0.2) is 28.9 Å². The number of fused-ring (bicyclic) bond motifs is 5. The molecule has 0 aliphatic heterocycles. The van der Waals surface area contributed by atoms with E-state index >= 15 is 0 Å². The van der Waals surface area contributed by atoms with E-state index in [1.54, 1.807) is 0 Å². The van der Waals surface area contributed by atoms with E-state index in [1.807, 2.05) is 13.0 Å². The number of carboxylic acids is 1. The van der Waals surface area contributed by atoms with Gasteiger partial charge >= 0.3 is 5.97 Å². The third-order valence-corrected chi connectivity index (χ3v) is 10.4. The largest absolute Gasteiger partial charge is 0.481 e. The summed E-state index contributed by atoms with van der Waals surface area (Å²) in [6.07, 6.45) is 7.59. The van der Waals surface area contributed by atoms with Crippen molar-refractivity contribution in [3.05, 3.63) is 11.6 Å². The van der Waals surface area contributed by atoms with Gasteiger partial charge in [0.15, 0.2) is 5.78 Å². The lowest BCUT2D eigenvalue weighted by Crippen LogP contribution is -2.67. The molecule has 0 spiro atoms. The Hall–Kier alpha value is -1.78. The highest BCUT2D eigenvalue weighted by Crippen LogP contribution is 2.72. The van der Waals surface area contributed by atoms with E-state index in [2.05, 4.69) is 20.8 Å². The number of aldehydes is 1. The molecule has 0 heterocycles. The summed E-state index contributed by atoms with van der Waals surface area (Å²) in [5, 5.41) is 10.6. The molecule has 0 radical (unpaired) electrons. The van der Waals surface area contributed by atoms with Gasteiger partial charge in [-0.25, -0.2) is 0 Å². The first-order valence-corrected chi connectivity index (χ1v) is 11.8. The number of aliphatic carboxylic acids is 1. The van der Waals surface area contributed by atoms with Gasteiger partial charge in [0.1, 0.15) is 12.1 Å². The zero-order valence-electron chi connectivity index (χ0n) is 19.5. The van der Waals surface area contributed by atoms with Crippen LogP contribution in [-0.2, 0) is 19.2 Å². The van der Waals surface area contributed by atoms with Gasteiger partial charge in [0.25, 0.3) is 0 Å². The van der Waals surface area contributed by atoms with Gasteiger partial charge in [0.2, 0.25) is 0 Å².